The summed E-state index contributed by atoms with van der Waals surface area (Å²) >= 11 is 0. The molecule has 0 fully saturated rings. The average molecular weight is 786 g/mol. The van der Waals surface area contributed by atoms with Crippen LogP contribution in [0.15, 0.2) is 97.2 Å². The topological polar surface area (TPSA) is 191 Å². The van der Waals surface area contributed by atoms with Gasteiger partial charge >= 0.3 is 6.09 Å². The van der Waals surface area contributed by atoms with E-state index in [0.29, 0.717) is 12.1 Å². The lowest BCUT2D eigenvalue weighted by molar-refractivity contribution is -0.177. The van der Waals surface area contributed by atoms with Crippen molar-refractivity contribution in [2.45, 2.75) is 84.3 Å². The highest BCUT2D eigenvalue weighted by Crippen LogP contribution is 2.21. The monoisotopic (exact) mass is 785 g/mol. The molecule has 4 rings (SSSR count). The molecule has 1 heterocycles. The Morgan fingerprint density at radius 1 is 0.821 bits per heavy atom. The Balaban J connectivity index is 1.57. The van der Waals surface area contributed by atoms with Crippen molar-refractivity contribution in [2.75, 3.05) is 6.61 Å². The molecule has 5 N–H and O–H groups in total. The molecule has 0 saturated heterocycles. The smallest absolute Gasteiger partial charge is 0.408 e. The molecule has 4 amide bonds. The van der Waals surface area contributed by atoms with Gasteiger partial charge in [0.15, 0.2) is 6.23 Å². The van der Waals surface area contributed by atoms with Crippen molar-refractivity contribution in [1.29, 1.82) is 0 Å². The summed E-state index contributed by atoms with van der Waals surface area (Å²) < 4.78 is 11.2. The van der Waals surface area contributed by atoms with Crippen LogP contribution in [-0.2, 0) is 43.1 Å². The van der Waals surface area contributed by atoms with Crippen LogP contribution in [-0.4, -0.2) is 70.7 Å². The maximum absolute atomic E-state index is 14.2. The number of ether oxygens (including phenoxy) is 1. The number of hydrogen-bond acceptors (Lipinski definition) is 9. The van der Waals surface area contributed by atoms with Crippen LogP contribution in [0.1, 0.15) is 57.4 Å². The molecule has 1 aromatic heterocycles. The molecule has 2 unspecified atom stereocenters. The van der Waals surface area contributed by atoms with Crippen molar-refractivity contribution in [2.24, 2.45) is 11.8 Å². The van der Waals surface area contributed by atoms with Crippen LogP contribution in [0.4, 0.5) is 4.79 Å². The van der Waals surface area contributed by atoms with Gasteiger partial charge in [0, 0.05) is 24.7 Å². The molecule has 0 spiro atoms. The first-order chi connectivity index (χ1) is 26.9. The molecule has 0 bridgehead atoms. The van der Waals surface area contributed by atoms with E-state index < -0.39 is 56.2 Å². The van der Waals surface area contributed by atoms with Crippen LogP contribution in [0.25, 0.3) is 10.8 Å². The predicted octanol–water partition coefficient (Wildman–Crippen LogP) is 4.30. The molecule has 3 aromatic carbocycles. The maximum atomic E-state index is 14.2. The van der Waals surface area contributed by atoms with E-state index >= 15 is 0 Å². The standard InChI is InChI=1S/C42H52N5O8P/c1-5-29(4)37(25-48)44-38(49)27-56(53)55-39(22-28(2)3)47-41(51)36(24-33-19-11-12-21-43-33)45-40(50)35(46-42(52)54-26-30-14-7-6-8-15-30)23-32-18-13-17-31-16-9-10-20-34(31)32/h6-21,27-29,35-37,39,48H,5,22-26H2,1-4H3,(H,44,49)(H,45,50)(H,46,52)(H,47,51)/t29-,35-,36?,37+,39-/m0/s1. The summed E-state index contributed by atoms with van der Waals surface area (Å²) in [5, 5.41) is 22.5. The first-order valence-electron chi connectivity index (χ1n) is 18.8. The van der Waals surface area contributed by atoms with Crippen LogP contribution >= 0.6 is 8.00 Å². The number of rotatable bonds is 20. The first kappa shape index (κ1) is 43.5. The van der Waals surface area contributed by atoms with E-state index in [9.17, 15) is 29.2 Å². The Labute approximate surface area is 329 Å². The van der Waals surface area contributed by atoms with E-state index in [2.05, 4.69) is 26.3 Å². The van der Waals surface area contributed by atoms with Crippen molar-refractivity contribution >= 4 is 48.4 Å². The second kappa shape index (κ2) is 22.4. The quantitative estimate of drug-likeness (QED) is 0.0643. The van der Waals surface area contributed by atoms with Crippen molar-refractivity contribution in [3.63, 3.8) is 0 Å². The molecular formula is C42H52N5O8P. The van der Waals surface area contributed by atoms with E-state index in [1.54, 1.807) is 24.4 Å². The van der Waals surface area contributed by atoms with Crippen molar-refractivity contribution in [3.05, 3.63) is 114 Å². The minimum atomic E-state index is -2.69. The number of hydrogen-bond donors (Lipinski definition) is 5. The molecule has 0 aliphatic carbocycles. The average Bonchev–Trinajstić information content (AvgIpc) is 3.18. The van der Waals surface area contributed by atoms with E-state index in [1.807, 2.05) is 100 Å². The number of pyridine rings is 1. The summed E-state index contributed by atoms with van der Waals surface area (Å²) in [6.45, 7) is 7.28. The highest BCUT2D eigenvalue weighted by molar-refractivity contribution is 7.47. The number of fused-ring (bicyclic) bond motifs is 1. The van der Waals surface area contributed by atoms with Crippen LogP contribution in [0.3, 0.4) is 0 Å². The second-order valence-corrected chi connectivity index (χ2v) is 15.1. The number of nitrogens with one attached hydrogen (secondary N) is 4. The van der Waals surface area contributed by atoms with Crippen LogP contribution in [0, 0.1) is 11.8 Å². The van der Waals surface area contributed by atoms with Gasteiger partial charge in [0.1, 0.15) is 18.7 Å². The summed E-state index contributed by atoms with van der Waals surface area (Å²) in [6.07, 6.45) is 0.659. The lowest BCUT2D eigenvalue weighted by atomic mass is 9.98. The predicted molar refractivity (Wildman–Crippen MR) is 215 cm³/mol. The van der Waals surface area contributed by atoms with Crippen LogP contribution in [0.2, 0.25) is 0 Å². The first-order valence-corrected chi connectivity index (χ1v) is 20.0. The van der Waals surface area contributed by atoms with Gasteiger partial charge in [-0.25, -0.2) is 4.79 Å². The minimum absolute atomic E-state index is 0.0154. The van der Waals surface area contributed by atoms with Gasteiger partial charge in [-0.05, 0) is 52.3 Å². The van der Waals surface area contributed by atoms with Gasteiger partial charge in [-0.1, -0.05) is 113 Å². The minimum Gasteiger partial charge on any atom is -0.603 e. The zero-order chi connectivity index (χ0) is 40.5. The third-order valence-electron chi connectivity index (χ3n) is 9.20. The Kier molecular flexibility index (Phi) is 17.4. The summed E-state index contributed by atoms with van der Waals surface area (Å²) in [7, 11) is -2.69. The lowest BCUT2D eigenvalue weighted by Gasteiger charge is -2.25. The van der Waals surface area contributed by atoms with Crippen molar-refractivity contribution < 1.29 is 38.4 Å². The van der Waals surface area contributed by atoms with Crippen molar-refractivity contribution in [3.8, 4) is 0 Å². The molecule has 56 heavy (non-hydrogen) atoms. The Morgan fingerprint density at radius 3 is 2.20 bits per heavy atom. The molecule has 4 aromatic rings. The molecule has 0 aliphatic rings. The second-order valence-electron chi connectivity index (χ2n) is 14.0. The molecule has 0 saturated carbocycles. The molecular weight excluding hydrogens is 733 g/mol. The normalized spacial score (nSPS) is 14.2. The number of amides is 4. The van der Waals surface area contributed by atoms with E-state index in [0.717, 1.165) is 27.7 Å². The molecule has 298 valence electrons. The van der Waals surface area contributed by atoms with Crippen LogP contribution < -0.4 is 26.2 Å². The number of nitrogens with zero attached hydrogens (tertiary/aromatic N) is 1. The SMILES string of the molecule is CC[C@H](C)[C@@H](CO)NC(=O)/C=[P+](\[O-])O[C@@H](CC(C)C)NC(=O)C(Cc1ccccn1)NC(=O)[C@H](Cc1cccc2ccccc12)NC(=O)OCc1ccccc1. The van der Waals surface area contributed by atoms with Gasteiger partial charge in [0.2, 0.25) is 25.6 Å². The lowest BCUT2D eigenvalue weighted by Crippen LogP contribution is -2.56. The fourth-order valence-corrected chi connectivity index (χ4v) is 6.67. The summed E-state index contributed by atoms with van der Waals surface area (Å²) in [5.74, 6) is -1.14. The van der Waals surface area contributed by atoms with E-state index in [4.69, 9.17) is 9.26 Å². The highest BCUT2D eigenvalue weighted by Gasteiger charge is 2.31. The Morgan fingerprint density at radius 2 is 1.50 bits per heavy atom. The van der Waals surface area contributed by atoms with Crippen molar-refractivity contribution in [1.82, 2.24) is 26.3 Å². The molecule has 6 atom stereocenters. The summed E-state index contributed by atoms with van der Waals surface area (Å²) in [4.78, 5) is 71.4. The highest BCUT2D eigenvalue weighted by atomic mass is 31.1. The number of carbonyl (C=O) groups is 4. The fraction of sp³-hybridized carbons (Fsp3) is 0.381. The molecule has 14 heteroatoms. The van der Waals surface area contributed by atoms with E-state index in [-0.39, 0.29) is 44.3 Å². The van der Waals surface area contributed by atoms with Gasteiger partial charge in [0.25, 0.3) is 5.91 Å². The summed E-state index contributed by atoms with van der Waals surface area (Å²) in [5.41, 5.74) is 2.07. The largest absolute Gasteiger partial charge is 0.603 e. The third-order valence-corrected chi connectivity index (χ3v) is 10.1. The van der Waals surface area contributed by atoms with Gasteiger partial charge in [-0.3, -0.25) is 19.4 Å². The van der Waals surface area contributed by atoms with Gasteiger partial charge in [0.05, 0.1) is 12.6 Å². The fourth-order valence-electron chi connectivity index (χ4n) is 5.96. The Hall–Kier alpha value is -5.20. The molecule has 0 radical (unpaired) electrons. The van der Waals surface area contributed by atoms with Gasteiger partial charge in [-0.15, -0.1) is 0 Å². The number of aliphatic hydroxyl groups excluding tert-OH is 1. The maximum Gasteiger partial charge on any atom is 0.408 e. The van der Waals surface area contributed by atoms with Gasteiger partial charge < -0.3 is 36.0 Å². The third kappa shape index (κ3) is 14.1. The number of aromatic nitrogens is 1. The molecule has 13 nitrogen and oxygen atoms in total. The van der Waals surface area contributed by atoms with E-state index in [1.165, 1.54) is 0 Å². The summed E-state index contributed by atoms with van der Waals surface area (Å²) in [6, 6.07) is 24.8. The Bertz CT molecular complexity index is 1910. The van der Waals surface area contributed by atoms with Gasteiger partial charge in [-0.2, -0.15) is 4.52 Å². The molecule has 0 aliphatic heterocycles. The number of benzene rings is 3. The number of carbonyl (C=O) groups excluding carboxylic acids is 4. The number of aliphatic hydroxyl groups is 1. The number of alkyl carbamates (subject to hydrolysis) is 1. The van der Waals surface area contributed by atoms with Crippen LogP contribution in [0.5, 0.6) is 0 Å². The zero-order valence-corrected chi connectivity index (χ0v) is 33.1. The zero-order valence-electron chi connectivity index (χ0n) is 32.2.